The van der Waals surface area contributed by atoms with E-state index in [1.165, 1.54) is 0 Å². The summed E-state index contributed by atoms with van der Waals surface area (Å²) in [5.74, 6) is 0.0804. The highest BCUT2D eigenvalue weighted by Gasteiger charge is 2.13. The fourth-order valence-electron chi connectivity index (χ4n) is 1.95. The van der Waals surface area contributed by atoms with Crippen LogP contribution in [0.2, 0.25) is 0 Å². The molecule has 2 aromatic rings. The summed E-state index contributed by atoms with van der Waals surface area (Å²) in [6.45, 7) is 4.31. The van der Waals surface area contributed by atoms with E-state index < -0.39 is 0 Å². The zero-order valence-corrected chi connectivity index (χ0v) is 11.4. The van der Waals surface area contributed by atoms with Gasteiger partial charge in [0.2, 0.25) is 5.91 Å². The van der Waals surface area contributed by atoms with Crippen LogP contribution in [0.3, 0.4) is 0 Å². The van der Waals surface area contributed by atoms with E-state index in [9.17, 15) is 4.79 Å². The Morgan fingerprint density at radius 2 is 2.16 bits per heavy atom. The van der Waals surface area contributed by atoms with Gasteiger partial charge in [0.1, 0.15) is 6.54 Å². The quantitative estimate of drug-likeness (QED) is 0.845. The lowest BCUT2D eigenvalue weighted by atomic mass is 10.2. The Balaban J connectivity index is 2.27. The first kappa shape index (κ1) is 13.2. The van der Waals surface area contributed by atoms with Crippen LogP contribution in [0.15, 0.2) is 30.5 Å². The summed E-state index contributed by atoms with van der Waals surface area (Å²) < 4.78 is 1.91. The summed E-state index contributed by atoms with van der Waals surface area (Å²) >= 11 is 0. The molecule has 0 aliphatic carbocycles. The van der Waals surface area contributed by atoms with Gasteiger partial charge in [-0.15, -0.1) is 0 Å². The van der Waals surface area contributed by atoms with Crippen LogP contribution in [0.4, 0.5) is 0 Å². The number of amides is 1. The molecule has 4 heteroatoms. The number of rotatable bonds is 3. The molecular weight excluding hydrogens is 238 g/mol. The zero-order chi connectivity index (χ0) is 14.0. The average Bonchev–Trinajstić information content (AvgIpc) is 2.79. The number of carbonyl (C=O) groups is 1. The number of fused-ring (bicyclic) bond motifs is 1. The fourth-order valence-corrected chi connectivity index (χ4v) is 1.95. The predicted molar refractivity (Wildman–Crippen MR) is 74.6 cm³/mol. The maximum absolute atomic E-state index is 12.1. The zero-order valence-electron chi connectivity index (χ0n) is 11.4. The van der Waals surface area contributed by atoms with Crippen LogP contribution in [0, 0.1) is 11.3 Å². The summed E-state index contributed by atoms with van der Waals surface area (Å²) in [4.78, 5) is 13.8. The maximum Gasteiger partial charge on any atom is 0.242 e. The highest BCUT2D eigenvalue weighted by molar-refractivity contribution is 5.84. The molecule has 0 saturated carbocycles. The van der Waals surface area contributed by atoms with E-state index in [1.807, 2.05) is 49.9 Å². The van der Waals surface area contributed by atoms with E-state index >= 15 is 0 Å². The molecule has 0 radical (unpaired) electrons. The molecule has 0 spiro atoms. The largest absolute Gasteiger partial charge is 0.342 e. The van der Waals surface area contributed by atoms with Crippen molar-refractivity contribution in [3.05, 3.63) is 36.0 Å². The molecule has 2 rings (SSSR count). The molecule has 0 N–H and O–H groups in total. The first-order valence-corrected chi connectivity index (χ1v) is 6.27. The van der Waals surface area contributed by atoms with Gasteiger partial charge in [0.05, 0.1) is 11.6 Å². The van der Waals surface area contributed by atoms with Crippen molar-refractivity contribution in [3.63, 3.8) is 0 Å². The molecule has 1 amide bonds. The Morgan fingerprint density at radius 3 is 2.79 bits per heavy atom. The molecule has 0 aliphatic rings. The molecule has 0 atom stereocenters. The maximum atomic E-state index is 12.1. The third kappa shape index (κ3) is 2.60. The van der Waals surface area contributed by atoms with Gasteiger partial charge in [-0.3, -0.25) is 4.79 Å². The second kappa shape index (κ2) is 5.15. The van der Waals surface area contributed by atoms with Gasteiger partial charge in [-0.2, -0.15) is 5.26 Å². The molecule has 98 valence electrons. The lowest BCUT2D eigenvalue weighted by Crippen LogP contribution is -2.35. The van der Waals surface area contributed by atoms with Crippen LogP contribution >= 0.6 is 0 Å². The van der Waals surface area contributed by atoms with Gasteiger partial charge >= 0.3 is 0 Å². The molecule has 0 bridgehead atoms. The van der Waals surface area contributed by atoms with Crippen molar-refractivity contribution in [1.29, 1.82) is 5.26 Å². The lowest BCUT2D eigenvalue weighted by molar-refractivity contribution is -0.131. The molecular formula is C15H17N3O. The molecule has 0 fully saturated rings. The van der Waals surface area contributed by atoms with Crippen molar-refractivity contribution in [1.82, 2.24) is 9.47 Å². The number of nitriles is 1. The number of hydrogen-bond donors (Lipinski definition) is 0. The van der Waals surface area contributed by atoms with Crippen LogP contribution in [0.1, 0.15) is 19.4 Å². The van der Waals surface area contributed by atoms with E-state index in [-0.39, 0.29) is 11.9 Å². The molecule has 19 heavy (non-hydrogen) atoms. The van der Waals surface area contributed by atoms with Crippen LogP contribution < -0.4 is 0 Å². The summed E-state index contributed by atoms with van der Waals surface area (Å²) in [6.07, 6.45) is 1.89. The van der Waals surface area contributed by atoms with Crippen LogP contribution in [-0.2, 0) is 11.3 Å². The van der Waals surface area contributed by atoms with Gasteiger partial charge in [-0.05, 0) is 38.1 Å². The molecule has 0 aliphatic heterocycles. The second-order valence-corrected chi connectivity index (χ2v) is 4.93. The van der Waals surface area contributed by atoms with Crippen molar-refractivity contribution >= 4 is 16.8 Å². The molecule has 4 nitrogen and oxygen atoms in total. The topological polar surface area (TPSA) is 49.0 Å². The number of carbonyl (C=O) groups excluding carboxylic acids is 1. The third-order valence-electron chi connectivity index (χ3n) is 3.37. The summed E-state index contributed by atoms with van der Waals surface area (Å²) in [5.41, 5.74) is 1.61. The number of hydrogen-bond acceptors (Lipinski definition) is 2. The monoisotopic (exact) mass is 255 g/mol. The summed E-state index contributed by atoms with van der Waals surface area (Å²) in [5, 5.41) is 9.85. The van der Waals surface area contributed by atoms with Crippen molar-refractivity contribution in [2.75, 3.05) is 7.05 Å². The first-order chi connectivity index (χ1) is 9.02. The van der Waals surface area contributed by atoms with Gasteiger partial charge in [0, 0.05) is 30.2 Å². The number of nitrogens with zero attached hydrogens (tertiary/aromatic N) is 3. The smallest absolute Gasteiger partial charge is 0.242 e. The third-order valence-corrected chi connectivity index (χ3v) is 3.37. The molecule has 1 heterocycles. The Kier molecular flexibility index (Phi) is 3.57. The highest BCUT2D eigenvalue weighted by atomic mass is 16.2. The van der Waals surface area contributed by atoms with E-state index in [1.54, 1.807) is 11.0 Å². The van der Waals surface area contributed by atoms with Gasteiger partial charge in [-0.1, -0.05) is 0 Å². The van der Waals surface area contributed by atoms with Crippen molar-refractivity contribution in [2.45, 2.75) is 26.4 Å². The highest BCUT2D eigenvalue weighted by Crippen LogP contribution is 2.17. The lowest BCUT2D eigenvalue weighted by Gasteiger charge is -2.21. The Bertz CT molecular complexity index is 649. The second-order valence-electron chi connectivity index (χ2n) is 4.93. The molecule has 1 aromatic heterocycles. The number of likely N-dealkylation sites (N-methyl/N-ethyl adjacent to an activating group) is 1. The number of aromatic nitrogens is 1. The van der Waals surface area contributed by atoms with Crippen molar-refractivity contribution < 1.29 is 4.79 Å². The van der Waals surface area contributed by atoms with Gasteiger partial charge in [-0.25, -0.2) is 0 Å². The summed E-state index contributed by atoms with van der Waals surface area (Å²) in [6, 6.07) is 9.74. The van der Waals surface area contributed by atoms with E-state index in [0.717, 1.165) is 10.9 Å². The normalized spacial score (nSPS) is 10.7. The summed E-state index contributed by atoms with van der Waals surface area (Å²) in [7, 11) is 1.81. The van der Waals surface area contributed by atoms with Crippen LogP contribution in [0.5, 0.6) is 0 Å². The van der Waals surface area contributed by atoms with E-state index in [0.29, 0.717) is 12.1 Å². The minimum atomic E-state index is 0.0804. The van der Waals surface area contributed by atoms with Gasteiger partial charge in [0.15, 0.2) is 0 Å². The average molecular weight is 255 g/mol. The Hall–Kier alpha value is -2.28. The Labute approximate surface area is 112 Å². The minimum absolute atomic E-state index is 0.0804. The van der Waals surface area contributed by atoms with E-state index in [4.69, 9.17) is 5.26 Å². The SMILES string of the molecule is CC(C)N(C)C(=O)Cn1ccc2cc(C#N)ccc21. The Morgan fingerprint density at radius 1 is 1.42 bits per heavy atom. The molecule has 0 saturated heterocycles. The number of benzene rings is 1. The van der Waals surface area contributed by atoms with Crippen LogP contribution in [0.25, 0.3) is 10.9 Å². The predicted octanol–water partition coefficient (Wildman–Crippen LogP) is 2.38. The van der Waals surface area contributed by atoms with Gasteiger partial charge in [0.25, 0.3) is 0 Å². The fraction of sp³-hybridized carbons (Fsp3) is 0.333. The molecule has 1 aromatic carbocycles. The molecule has 0 unspecified atom stereocenters. The van der Waals surface area contributed by atoms with Crippen molar-refractivity contribution in [3.8, 4) is 6.07 Å². The minimum Gasteiger partial charge on any atom is -0.342 e. The van der Waals surface area contributed by atoms with Crippen molar-refractivity contribution in [2.24, 2.45) is 0 Å². The van der Waals surface area contributed by atoms with Crippen LogP contribution in [-0.4, -0.2) is 28.5 Å². The first-order valence-electron chi connectivity index (χ1n) is 6.27. The van der Waals surface area contributed by atoms with Gasteiger partial charge < -0.3 is 9.47 Å². The van der Waals surface area contributed by atoms with E-state index in [2.05, 4.69) is 6.07 Å². The standard InChI is InChI=1S/C15H17N3O/c1-11(2)17(3)15(19)10-18-7-6-13-8-12(9-16)4-5-14(13)18/h4-8,11H,10H2,1-3H3.